The van der Waals surface area contributed by atoms with Crippen LogP contribution in [0.5, 0.6) is 0 Å². The van der Waals surface area contributed by atoms with Crippen molar-refractivity contribution in [1.82, 2.24) is 14.9 Å². The molecule has 0 spiro atoms. The molecule has 1 aromatic heterocycles. The lowest BCUT2D eigenvalue weighted by Crippen LogP contribution is -2.50. The van der Waals surface area contributed by atoms with E-state index in [1.165, 1.54) is 24.5 Å². The van der Waals surface area contributed by atoms with Gasteiger partial charge in [-0.1, -0.05) is 0 Å². The van der Waals surface area contributed by atoms with Gasteiger partial charge < -0.3 is 24.8 Å². The highest BCUT2D eigenvalue weighted by Gasteiger charge is 2.26. The van der Waals surface area contributed by atoms with E-state index in [0.717, 1.165) is 12.1 Å². The first-order valence-electron chi connectivity index (χ1n) is 13.0. The second-order valence-corrected chi connectivity index (χ2v) is 9.98. The van der Waals surface area contributed by atoms with Crippen LogP contribution >= 0.6 is 0 Å². The second-order valence-electron chi connectivity index (χ2n) is 9.98. The molecular formula is C28H30F4N6O2. The summed E-state index contributed by atoms with van der Waals surface area (Å²) in [6.45, 7) is 6.30. The van der Waals surface area contributed by atoms with E-state index in [0.29, 0.717) is 69.2 Å². The van der Waals surface area contributed by atoms with Gasteiger partial charge in [0.1, 0.15) is 11.6 Å². The van der Waals surface area contributed by atoms with E-state index in [4.69, 9.17) is 4.74 Å². The Labute approximate surface area is 229 Å². The number of hydrogen-bond donors (Lipinski definition) is 1. The first kappa shape index (κ1) is 27.8. The second kappa shape index (κ2) is 11.8. The lowest BCUT2D eigenvalue weighted by Gasteiger charge is -2.39. The lowest BCUT2D eigenvalue weighted by atomic mass is 10.0. The summed E-state index contributed by atoms with van der Waals surface area (Å²) in [6.07, 6.45) is -0.0388. The molecule has 3 aromatic rings. The molecule has 0 aliphatic carbocycles. The normalized spacial score (nSPS) is 18.3. The van der Waals surface area contributed by atoms with Gasteiger partial charge >= 0.3 is 0 Å². The third-order valence-electron chi connectivity index (χ3n) is 7.37. The number of nitrogens with zero attached hydrogens (tertiary/aromatic N) is 5. The molecule has 2 fully saturated rings. The third kappa shape index (κ3) is 5.87. The van der Waals surface area contributed by atoms with Crippen LogP contribution in [0.2, 0.25) is 0 Å². The average molecular weight is 559 g/mol. The quantitative estimate of drug-likeness (QED) is 0.444. The molecule has 1 atom stereocenters. The van der Waals surface area contributed by atoms with Gasteiger partial charge in [-0.25, -0.2) is 27.5 Å². The van der Waals surface area contributed by atoms with Gasteiger partial charge in [-0.15, -0.1) is 0 Å². The number of carbonyl (C=O) groups excluding carboxylic acids is 1. The zero-order chi connectivity index (χ0) is 28.4. The van der Waals surface area contributed by atoms with Gasteiger partial charge in [0, 0.05) is 73.4 Å². The maximum atomic E-state index is 15.6. The molecule has 0 saturated carbocycles. The van der Waals surface area contributed by atoms with E-state index in [9.17, 15) is 18.0 Å². The summed E-state index contributed by atoms with van der Waals surface area (Å²) in [5.74, 6) is -1.77. The predicted octanol–water partition coefficient (Wildman–Crippen LogP) is 4.59. The minimum atomic E-state index is -3.06. The highest BCUT2D eigenvalue weighted by Crippen LogP contribution is 2.36. The van der Waals surface area contributed by atoms with E-state index in [-0.39, 0.29) is 22.9 Å². The fraction of sp³-hybridized carbons (Fsp3) is 0.393. The smallest absolute Gasteiger partial charge is 0.264 e. The van der Waals surface area contributed by atoms with Gasteiger partial charge in [0.15, 0.2) is 0 Å². The average Bonchev–Trinajstić information content (AvgIpc) is 2.95. The van der Waals surface area contributed by atoms with Crippen molar-refractivity contribution in [3.8, 4) is 11.1 Å². The molecule has 40 heavy (non-hydrogen) atoms. The van der Waals surface area contributed by atoms with Crippen molar-refractivity contribution in [3.63, 3.8) is 0 Å². The highest BCUT2D eigenvalue weighted by atomic mass is 19.3. The maximum Gasteiger partial charge on any atom is 0.264 e. The molecule has 0 unspecified atom stereocenters. The van der Waals surface area contributed by atoms with Crippen molar-refractivity contribution in [2.24, 2.45) is 0 Å². The monoisotopic (exact) mass is 558 g/mol. The minimum Gasteiger partial charge on any atom is -0.378 e. The van der Waals surface area contributed by atoms with Crippen molar-refractivity contribution in [3.05, 3.63) is 65.5 Å². The molecule has 0 radical (unpaired) electrons. The Balaban J connectivity index is 1.51. The lowest BCUT2D eigenvalue weighted by molar-refractivity contribution is 0.101. The van der Waals surface area contributed by atoms with Crippen LogP contribution < -0.4 is 15.1 Å². The topological polar surface area (TPSA) is 73.8 Å². The predicted molar refractivity (Wildman–Crippen MR) is 144 cm³/mol. The fourth-order valence-corrected chi connectivity index (χ4v) is 4.91. The van der Waals surface area contributed by atoms with Crippen LogP contribution in [0, 0.1) is 11.6 Å². The largest absolute Gasteiger partial charge is 0.378 e. The first-order valence-corrected chi connectivity index (χ1v) is 13.0. The molecule has 8 nitrogen and oxygen atoms in total. The molecule has 2 aliphatic rings. The van der Waals surface area contributed by atoms with Crippen molar-refractivity contribution >= 4 is 23.2 Å². The van der Waals surface area contributed by atoms with Gasteiger partial charge in [0.2, 0.25) is 5.95 Å². The van der Waals surface area contributed by atoms with E-state index < -0.39 is 29.5 Å². The molecule has 0 bridgehead atoms. The molecule has 2 aromatic carbocycles. The van der Waals surface area contributed by atoms with E-state index in [1.807, 2.05) is 23.8 Å². The number of benzene rings is 2. The number of rotatable bonds is 6. The van der Waals surface area contributed by atoms with Crippen LogP contribution in [0.4, 0.5) is 34.9 Å². The van der Waals surface area contributed by atoms with Crippen LogP contribution in [0.1, 0.15) is 29.3 Å². The van der Waals surface area contributed by atoms with Crippen LogP contribution in [0.3, 0.4) is 0 Å². The number of amides is 1. The van der Waals surface area contributed by atoms with Crippen molar-refractivity contribution in [1.29, 1.82) is 0 Å². The number of anilines is 3. The zero-order valence-corrected chi connectivity index (χ0v) is 22.2. The summed E-state index contributed by atoms with van der Waals surface area (Å²) < 4.78 is 61.9. The first-order chi connectivity index (χ1) is 19.2. The van der Waals surface area contributed by atoms with Gasteiger partial charge in [-0.3, -0.25) is 4.79 Å². The number of ether oxygens (including phenoxy) is 1. The molecule has 5 rings (SSSR count). The van der Waals surface area contributed by atoms with Crippen LogP contribution in [0.15, 0.2) is 42.7 Å². The van der Waals surface area contributed by atoms with Gasteiger partial charge in [0.05, 0.1) is 24.6 Å². The van der Waals surface area contributed by atoms with Crippen LogP contribution in [0.25, 0.3) is 11.1 Å². The van der Waals surface area contributed by atoms with E-state index in [2.05, 4.69) is 20.2 Å². The molecule has 2 aliphatic heterocycles. The number of morpholine rings is 1. The van der Waals surface area contributed by atoms with Gasteiger partial charge in [0.25, 0.3) is 12.3 Å². The molecule has 12 heteroatoms. The Hall–Kier alpha value is -3.77. The summed E-state index contributed by atoms with van der Waals surface area (Å²) >= 11 is 0. The molecule has 1 amide bonds. The molecule has 212 valence electrons. The Morgan fingerprint density at radius 1 is 1.02 bits per heavy atom. The number of nitrogens with one attached hydrogen (secondary N) is 1. The molecular weight excluding hydrogens is 528 g/mol. The van der Waals surface area contributed by atoms with E-state index in [1.54, 1.807) is 0 Å². The highest BCUT2D eigenvalue weighted by molar-refractivity contribution is 6.07. The fourth-order valence-electron chi connectivity index (χ4n) is 4.91. The number of carbonyl (C=O) groups is 1. The summed E-state index contributed by atoms with van der Waals surface area (Å²) in [7, 11) is 2.00. The molecule has 3 heterocycles. The summed E-state index contributed by atoms with van der Waals surface area (Å²) in [5, 5.41) is 2.69. The molecule has 1 N–H and O–H groups in total. The Morgan fingerprint density at radius 3 is 2.42 bits per heavy atom. The van der Waals surface area contributed by atoms with Gasteiger partial charge in [-0.2, -0.15) is 0 Å². The summed E-state index contributed by atoms with van der Waals surface area (Å²) in [5.41, 5.74) is 0.0993. The van der Waals surface area contributed by atoms with Crippen LogP contribution in [-0.2, 0) is 4.74 Å². The zero-order valence-electron chi connectivity index (χ0n) is 22.2. The number of alkyl halides is 2. The van der Waals surface area contributed by atoms with Crippen molar-refractivity contribution in [2.75, 3.05) is 68.1 Å². The Kier molecular flexibility index (Phi) is 8.17. The summed E-state index contributed by atoms with van der Waals surface area (Å²) in [6, 6.07) is 5.57. The van der Waals surface area contributed by atoms with E-state index >= 15 is 4.39 Å². The number of aromatic nitrogens is 2. The number of halogens is 4. The standard InChI is InChI=1S/C28H30F4N6O2/c1-17-16-38(6-5-36(17)2)25-13-23(30)21(18-14-33-28(34-15-18)37-7-9-40-10-8-37)12-24(25)35-27(39)20-4-3-19(29)11-22(20)26(31)32/h3-4,11-15,17,26H,5-10,16H2,1-2H3,(H,35,39)/t17-/m1/s1. The number of likely N-dealkylation sites (N-methyl/N-ethyl adjacent to an activating group) is 1. The maximum absolute atomic E-state index is 15.6. The SMILES string of the molecule is C[C@@H]1CN(c2cc(F)c(-c3cnc(N4CCOCC4)nc3)cc2NC(=O)c2ccc(F)cc2C(F)F)CCN1C. The third-order valence-corrected chi connectivity index (χ3v) is 7.37. The van der Waals surface area contributed by atoms with Crippen molar-refractivity contribution in [2.45, 2.75) is 19.4 Å². The minimum absolute atomic E-state index is 0.142. The van der Waals surface area contributed by atoms with Crippen molar-refractivity contribution < 1.29 is 27.1 Å². The van der Waals surface area contributed by atoms with Crippen LogP contribution in [-0.4, -0.2) is 79.8 Å². The number of piperazine rings is 1. The Bertz CT molecular complexity index is 1370. The number of hydrogen-bond acceptors (Lipinski definition) is 7. The molecule has 2 saturated heterocycles. The summed E-state index contributed by atoms with van der Waals surface area (Å²) in [4.78, 5) is 28.1. The van der Waals surface area contributed by atoms with Gasteiger partial charge in [-0.05, 0) is 44.3 Å². The Morgan fingerprint density at radius 2 is 1.75 bits per heavy atom.